The topological polar surface area (TPSA) is 93.4 Å². The van der Waals surface area contributed by atoms with Gasteiger partial charge >= 0.3 is 6.09 Å². The molecule has 3 unspecified atom stereocenters. The number of aromatic nitrogens is 4. The Labute approximate surface area is 171 Å². The van der Waals surface area contributed by atoms with Crippen molar-refractivity contribution in [1.29, 1.82) is 0 Å². The summed E-state index contributed by atoms with van der Waals surface area (Å²) in [4.78, 5) is 15.0. The molecular formula is C21H20FN5O3. The van der Waals surface area contributed by atoms with Gasteiger partial charge in [0, 0.05) is 17.1 Å². The molecule has 1 aromatic carbocycles. The number of hydrogen-bond acceptors (Lipinski definition) is 6. The number of aliphatic hydroxyl groups is 1. The lowest BCUT2D eigenvalue weighted by Crippen LogP contribution is -2.34. The first kappa shape index (κ1) is 18.7. The molecule has 3 atom stereocenters. The van der Waals surface area contributed by atoms with Gasteiger partial charge in [0.2, 0.25) is 5.82 Å². The van der Waals surface area contributed by atoms with Crippen LogP contribution in [0.3, 0.4) is 0 Å². The zero-order valence-electron chi connectivity index (χ0n) is 16.5. The molecule has 9 heteroatoms. The number of tetrazole rings is 1. The average molecular weight is 409 g/mol. The molecule has 0 spiro atoms. The van der Waals surface area contributed by atoms with E-state index >= 15 is 4.39 Å². The second kappa shape index (κ2) is 6.88. The molecular weight excluding hydrogens is 389 g/mol. The highest BCUT2D eigenvalue weighted by Gasteiger charge is 2.47. The highest BCUT2D eigenvalue weighted by Crippen LogP contribution is 2.41. The van der Waals surface area contributed by atoms with Gasteiger partial charge in [-0.1, -0.05) is 31.2 Å². The van der Waals surface area contributed by atoms with Crippen LogP contribution in [0.5, 0.6) is 0 Å². The van der Waals surface area contributed by atoms with E-state index in [2.05, 4.69) is 15.4 Å². The van der Waals surface area contributed by atoms with Gasteiger partial charge in [-0.3, -0.25) is 4.90 Å². The number of rotatable bonds is 3. The van der Waals surface area contributed by atoms with E-state index in [1.54, 1.807) is 13.1 Å². The Kier molecular flexibility index (Phi) is 4.28. The van der Waals surface area contributed by atoms with Gasteiger partial charge in [0.15, 0.2) is 0 Å². The van der Waals surface area contributed by atoms with Gasteiger partial charge in [-0.15, -0.1) is 10.2 Å². The van der Waals surface area contributed by atoms with Crippen molar-refractivity contribution in [3.63, 3.8) is 0 Å². The third kappa shape index (κ3) is 2.85. The van der Waals surface area contributed by atoms with E-state index in [1.165, 1.54) is 15.8 Å². The summed E-state index contributed by atoms with van der Waals surface area (Å²) in [5.41, 5.74) is 3.43. The molecule has 0 saturated carbocycles. The van der Waals surface area contributed by atoms with Crippen molar-refractivity contribution in [3.8, 4) is 0 Å². The van der Waals surface area contributed by atoms with Crippen LogP contribution in [0, 0.1) is 11.7 Å². The molecule has 1 N–H and O–H groups in total. The number of carbonyl (C=O) groups is 1. The first-order valence-corrected chi connectivity index (χ1v) is 9.74. The number of amides is 1. The zero-order valence-corrected chi connectivity index (χ0v) is 16.5. The minimum Gasteiger partial charge on any atom is -0.441 e. The van der Waals surface area contributed by atoms with Gasteiger partial charge in [0.1, 0.15) is 11.9 Å². The van der Waals surface area contributed by atoms with Crippen LogP contribution in [0.4, 0.5) is 14.9 Å². The lowest BCUT2D eigenvalue weighted by atomic mass is 9.98. The van der Waals surface area contributed by atoms with Crippen molar-refractivity contribution >= 4 is 22.9 Å². The van der Waals surface area contributed by atoms with Crippen LogP contribution in [-0.2, 0) is 18.2 Å². The van der Waals surface area contributed by atoms with Crippen molar-refractivity contribution in [1.82, 2.24) is 20.2 Å². The Morgan fingerprint density at radius 2 is 2.17 bits per heavy atom. The number of halogens is 1. The summed E-state index contributed by atoms with van der Waals surface area (Å²) in [5, 5.41) is 21.7. The van der Waals surface area contributed by atoms with Gasteiger partial charge in [0.05, 0.1) is 25.4 Å². The molecule has 1 amide bonds. The van der Waals surface area contributed by atoms with Crippen LogP contribution in [0.25, 0.3) is 11.1 Å². The molecule has 0 bridgehead atoms. The number of allylic oxidation sites excluding steroid dienone is 6. The summed E-state index contributed by atoms with van der Waals surface area (Å²) >= 11 is 0. The number of nitrogens with zero attached hydrogens (tertiary/aromatic N) is 5. The highest BCUT2D eigenvalue weighted by molar-refractivity contribution is 5.94. The normalized spacial score (nSPS) is 24.9. The van der Waals surface area contributed by atoms with Gasteiger partial charge in [-0.25, -0.2) is 9.18 Å². The second-order valence-corrected chi connectivity index (χ2v) is 7.70. The molecule has 5 rings (SSSR count). The number of carbonyl (C=O) groups excluding carboxylic acids is 1. The number of aliphatic hydroxyl groups excluding tert-OH is 1. The maximum absolute atomic E-state index is 15.1. The van der Waals surface area contributed by atoms with Crippen LogP contribution in [0.2, 0.25) is 0 Å². The Morgan fingerprint density at radius 1 is 1.33 bits per heavy atom. The smallest absolute Gasteiger partial charge is 0.415 e. The molecule has 3 heterocycles. The number of cyclic esters (lactones) is 1. The molecule has 8 nitrogen and oxygen atoms in total. The Morgan fingerprint density at radius 3 is 2.90 bits per heavy atom. The third-order valence-electron chi connectivity index (χ3n) is 5.82. The van der Waals surface area contributed by atoms with Crippen molar-refractivity contribution in [3.05, 3.63) is 59.2 Å². The van der Waals surface area contributed by atoms with E-state index in [1.807, 2.05) is 31.2 Å². The maximum Gasteiger partial charge on any atom is 0.415 e. The standard InChI is InChI=1S/C21H20FN5O3/c1-11-3-4-12(5-6-14(11)20-23-25-26(2)24-20)15-7-13-8-18-19(10-28)30-21(29)27(18)17(13)9-16(15)22/h3-7,9,11,18-19,28H,8,10H2,1-2H3. The second-order valence-electron chi connectivity index (χ2n) is 7.70. The number of hydrogen-bond donors (Lipinski definition) is 1. The quantitative estimate of drug-likeness (QED) is 0.836. The minimum atomic E-state index is -0.598. The van der Waals surface area contributed by atoms with E-state index in [4.69, 9.17) is 4.74 Å². The number of anilines is 1. The molecule has 2 aliphatic heterocycles. The van der Waals surface area contributed by atoms with E-state index in [0.29, 0.717) is 23.5 Å². The average Bonchev–Trinajstić information content (AvgIpc) is 3.35. The van der Waals surface area contributed by atoms with Crippen LogP contribution >= 0.6 is 0 Å². The fourth-order valence-corrected chi connectivity index (χ4v) is 4.26. The predicted octanol–water partition coefficient (Wildman–Crippen LogP) is 2.26. The fourth-order valence-electron chi connectivity index (χ4n) is 4.26. The number of benzene rings is 1. The summed E-state index contributed by atoms with van der Waals surface area (Å²) in [5.74, 6) is 0.148. The summed E-state index contributed by atoms with van der Waals surface area (Å²) < 4.78 is 20.3. The number of aryl methyl sites for hydroxylation is 1. The molecule has 1 aliphatic carbocycles. The van der Waals surface area contributed by atoms with Crippen LogP contribution < -0.4 is 4.90 Å². The highest BCUT2D eigenvalue weighted by atomic mass is 19.1. The van der Waals surface area contributed by atoms with Crippen molar-refractivity contribution in [2.45, 2.75) is 25.5 Å². The third-order valence-corrected chi connectivity index (χ3v) is 5.82. The van der Waals surface area contributed by atoms with Crippen LogP contribution in [0.1, 0.15) is 23.9 Å². The van der Waals surface area contributed by atoms with E-state index < -0.39 is 18.0 Å². The molecule has 154 valence electrons. The van der Waals surface area contributed by atoms with Crippen molar-refractivity contribution in [2.24, 2.45) is 13.0 Å². The van der Waals surface area contributed by atoms with Gasteiger partial charge in [-0.05, 0) is 34.9 Å². The van der Waals surface area contributed by atoms with Crippen molar-refractivity contribution in [2.75, 3.05) is 11.5 Å². The number of ether oxygens (including phenoxy) is 1. The molecule has 3 aliphatic rings. The summed E-state index contributed by atoms with van der Waals surface area (Å²) in [6, 6.07) is 2.86. The van der Waals surface area contributed by atoms with Crippen LogP contribution in [-0.4, -0.2) is 50.2 Å². The largest absolute Gasteiger partial charge is 0.441 e. The van der Waals surface area contributed by atoms with E-state index in [9.17, 15) is 9.90 Å². The molecule has 1 saturated heterocycles. The summed E-state index contributed by atoms with van der Waals surface area (Å²) in [6.07, 6.45) is 6.97. The molecule has 30 heavy (non-hydrogen) atoms. The van der Waals surface area contributed by atoms with Gasteiger partial charge < -0.3 is 9.84 Å². The Bertz CT molecular complexity index is 1140. The first-order chi connectivity index (χ1) is 14.5. The monoisotopic (exact) mass is 409 g/mol. The first-order valence-electron chi connectivity index (χ1n) is 9.74. The summed E-state index contributed by atoms with van der Waals surface area (Å²) in [7, 11) is 1.71. The fraction of sp³-hybridized carbons (Fsp3) is 0.333. The zero-order chi connectivity index (χ0) is 21.0. The van der Waals surface area contributed by atoms with E-state index in [0.717, 1.165) is 16.7 Å². The summed E-state index contributed by atoms with van der Waals surface area (Å²) in [6.45, 7) is 1.76. The molecule has 1 aromatic heterocycles. The lowest BCUT2D eigenvalue weighted by molar-refractivity contribution is 0.0830. The molecule has 2 aromatic rings. The molecule has 0 radical (unpaired) electrons. The van der Waals surface area contributed by atoms with E-state index in [-0.39, 0.29) is 18.6 Å². The number of fused-ring (bicyclic) bond motifs is 3. The van der Waals surface area contributed by atoms with Gasteiger partial charge in [0.25, 0.3) is 0 Å². The van der Waals surface area contributed by atoms with Gasteiger partial charge in [-0.2, -0.15) is 4.80 Å². The predicted molar refractivity (Wildman–Crippen MR) is 107 cm³/mol. The lowest BCUT2D eigenvalue weighted by Gasteiger charge is -2.15. The maximum atomic E-state index is 15.1. The Hall–Kier alpha value is -3.33. The minimum absolute atomic E-state index is 0.0333. The molecule has 1 fully saturated rings. The SMILES string of the molecule is CC1C=CC(c2cc3c(cc2F)N2C(=O)OC(CO)C2C3)=CC=C1c1nnn(C)n1. The van der Waals surface area contributed by atoms with Crippen molar-refractivity contribution < 1.29 is 19.0 Å². The Balaban J connectivity index is 1.52. The van der Waals surface area contributed by atoms with Crippen LogP contribution in [0.15, 0.2) is 36.4 Å².